The van der Waals surface area contributed by atoms with Gasteiger partial charge in [-0.15, -0.1) is 11.8 Å². The molecule has 1 fully saturated rings. The number of thioether (sulfide) groups is 1. The molecule has 7 nitrogen and oxygen atoms in total. The van der Waals surface area contributed by atoms with Gasteiger partial charge in [0.1, 0.15) is 17.8 Å². The summed E-state index contributed by atoms with van der Waals surface area (Å²) < 4.78 is 9.99. The number of rotatable bonds is 4. The maximum atomic E-state index is 11.6. The highest BCUT2D eigenvalue weighted by molar-refractivity contribution is 8.14. The van der Waals surface area contributed by atoms with E-state index in [1.165, 1.54) is 0 Å². The Labute approximate surface area is 144 Å². The average Bonchev–Trinajstić information content (AvgIpc) is 3.15. The van der Waals surface area contributed by atoms with Crippen molar-refractivity contribution in [1.82, 2.24) is 4.90 Å². The molecule has 3 rings (SSSR count). The van der Waals surface area contributed by atoms with E-state index in [2.05, 4.69) is 10.3 Å². The second kappa shape index (κ2) is 7.12. The van der Waals surface area contributed by atoms with Gasteiger partial charge in [-0.25, -0.2) is 9.59 Å². The number of benzene rings is 1. The van der Waals surface area contributed by atoms with E-state index in [0.717, 1.165) is 16.4 Å². The standard InChI is InChI=1S/C16H19N3O4S/c1-10(2)23-15(20)17-12-5-3-11(4-6-12)14-18-13(9-24-14)19-7-8-22-16(19)21/h3-6,10,13H,7-9H2,1-2H3,(H,17,20). The topological polar surface area (TPSA) is 80.2 Å². The number of carbonyl (C=O) groups excluding carboxylic acids is 2. The highest BCUT2D eigenvalue weighted by Gasteiger charge is 2.33. The Balaban J connectivity index is 1.63. The Morgan fingerprint density at radius 3 is 2.79 bits per heavy atom. The number of amides is 2. The maximum absolute atomic E-state index is 11.6. The lowest BCUT2D eigenvalue weighted by atomic mass is 10.2. The largest absolute Gasteiger partial charge is 0.447 e. The Morgan fingerprint density at radius 1 is 1.42 bits per heavy atom. The summed E-state index contributed by atoms with van der Waals surface area (Å²) in [6, 6.07) is 7.39. The maximum Gasteiger partial charge on any atom is 0.411 e. The third-order valence-electron chi connectivity index (χ3n) is 3.51. The van der Waals surface area contributed by atoms with Crippen molar-refractivity contribution in [3.8, 4) is 0 Å². The summed E-state index contributed by atoms with van der Waals surface area (Å²) in [5, 5.41) is 3.56. The fourth-order valence-corrected chi connectivity index (χ4v) is 3.47. The van der Waals surface area contributed by atoms with Crippen molar-refractivity contribution in [3.63, 3.8) is 0 Å². The monoisotopic (exact) mass is 349 g/mol. The summed E-state index contributed by atoms with van der Waals surface area (Å²) in [7, 11) is 0. The van der Waals surface area contributed by atoms with Crippen LogP contribution in [0.25, 0.3) is 0 Å². The number of nitrogens with one attached hydrogen (secondary N) is 1. The van der Waals surface area contributed by atoms with Crippen molar-refractivity contribution in [3.05, 3.63) is 29.8 Å². The van der Waals surface area contributed by atoms with Crippen LogP contribution in [0.2, 0.25) is 0 Å². The fourth-order valence-electron chi connectivity index (χ4n) is 2.41. The lowest BCUT2D eigenvalue weighted by Gasteiger charge is -2.16. The molecular formula is C16H19N3O4S. The zero-order chi connectivity index (χ0) is 17.1. The molecule has 2 aliphatic rings. The molecule has 2 heterocycles. The molecule has 0 aliphatic carbocycles. The quantitative estimate of drug-likeness (QED) is 0.904. The van der Waals surface area contributed by atoms with Gasteiger partial charge >= 0.3 is 12.2 Å². The molecule has 1 atom stereocenters. The van der Waals surface area contributed by atoms with Crippen LogP contribution < -0.4 is 5.32 Å². The number of hydrogen-bond donors (Lipinski definition) is 1. The van der Waals surface area contributed by atoms with Crippen molar-refractivity contribution in [1.29, 1.82) is 0 Å². The number of carbonyl (C=O) groups is 2. The highest BCUT2D eigenvalue weighted by atomic mass is 32.2. The second-order valence-corrected chi connectivity index (χ2v) is 6.70. The van der Waals surface area contributed by atoms with Crippen LogP contribution in [0, 0.1) is 0 Å². The summed E-state index contributed by atoms with van der Waals surface area (Å²) in [6.07, 6.45) is -1.10. The third kappa shape index (κ3) is 3.81. The van der Waals surface area contributed by atoms with Crippen LogP contribution in [-0.4, -0.2) is 53.3 Å². The van der Waals surface area contributed by atoms with Crippen LogP contribution in [0.4, 0.5) is 15.3 Å². The lowest BCUT2D eigenvalue weighted by molar-refractivity contribution is 0.130. The zero-order valence-electron chi connectivity index (χ0n) is 13.5. The first-order chi connectivity index (χ1) is 11.5. The second-order valence-electron chi connectivity index (χ2n) is 5.69. The van der Waals surface area contributed by atoms with E-state index in [-0.39, 0.29) is 18.4 Å². The molecule has 1 saturated heterocycles. The molecule has 0 aromatic heterocycles. The molecule has 1 aromatic carbocycles. The number of anilines is 1. The van der Waals surface area contributed by atoms with Crippen LogP contribution in [0.1, 0.15) is 19.4 Å². The molecule has 128 valence electrons. The van der Waals surface area contributed by atoms with Gasteiger partial charge < -0.3 is 9.47 Å². The van der Waals surface area contributed by atoms with Crippen molar-refractivity contribution < 1.29 is 19.1 Å². The Bertz CT molecular complexity index is 660. The molecule has 0 saturated carbocycles. The molecule has 24 heavy (non-hydrogen) atoms. The summed E-state index contributed by atoms with van der Waals surface area (Å²) >= 11 is 1.61. The van der Waals surface area contributed by atoms with E-state index in [4.69, 9.17) is 9.47 Å². The molecule has 0 spiro atoms. The molecule has 0 bridgehead atoms. The predicted molar refractivity (Wildman–Crippen MR) is 92.5 cm³/mol. The van der Waals surface area contributed by atoms with Gasteiger partial charge in [0.25, 0.3) is 0 Å². The zero-order valence-corrected chi connectivity index (χ0v) is 14.3. The van der Waals surface area contributed by atoms with Gasteiger partial charge in [0.05, 0.1) is 12.6 Å². The van der Waals surface area contributed by atoms with E-state index >= 15 is 0 Å². The van der Waals surface area contributed by atoms with Gasteiger partial charge in [0.15, 0.2) is 0 Å². The van der Waals surface area contributed by atoms with Gasteiger partial charge in [-0.3, -0.25) is 15.2 Å². The van der Waals surface area contributed by atoms with Gasteiger partial charge in [-0.1, -0.05) is 12.1 Å². The summed E-state index contributed by atoms with van der Waals surface area (Å²) in [4.78, 5) is 29.4. The predicted octanol–water partition coefficient (Wildman–Crippen LogP) is 2.92. The van der Waals surface area contributed by atoms with Crippen molar-refractivity contribution in [2.45, 2.75) is 26.1 Å². The van der Waals surface area contributed by atoms with Crippen LogP contribution in [-0.2, 0) is 9.47 Å². The molecule has 2 amide bonds. The number of cyclic esters (lactones) is 1. The molecule has 1 unspecified atom stereocenters. The Hall–Kier alpha value is -2.22. The molecular weight excluding hydrogens is 330 g/mol. The van der Waals surface area contributed by atoms with E-state index in [0.29, 0.717) is 18.8 Å². The Kier molecular flexibility index (Phi) is 4.94. The van der Waals surface area contributed by atoms with E-state index in [1.54, 1.807) is 42.6 Å². The van der Waals surface area contributed by atoms with Crippen molar-refractivity contribution >= 4 is 34.7 Å². The highest BCUT2D eigenvalue weighted by Crippen LogP contribution is 2.27. The first-order valence-corrected chi connectivity index (χ1v) is 8.73. The summed E-state index contributed by atoms with van der Waals surface area (Å²) in [6.45, 7) is 4.61. The minimum Gasteiger partial charge on any atom is -0.447 e. The van der Waals surface area contributed by atoms with E-state index in [9.17, 15) is 9.59 Å². The molecule has 1 N–H and O–H groups in total. The fraction of sp³-hybridized carbons (Fsp3) is 0.438. The molecule has 8 heteroatoms. The van der Waals surface area contributed by atoms with Crippen LogP contribution in [0.15, 0.2) is 29.3 Å². The van der Waals surface area contributed by atoms with Gasteiger partial charge in [0.2, 0.25) is 0 Å². The SMILES string of the molecule is CC(C)OC(=O)Nc1ccc(C2=NC(N3CCOC3=O)CS2)cc1. The van der Waals surface area contributed by atoms with Gasteiger partial charge in [0, 0.05) is 17.0 Å². The number of ether oxygens (including phenoxy) is 2. The van der Waals surface area contributed by atoms with Crippen molar-refractivity contribution in [2.75, 3.05) is 24.2 Å². The minimum absolute atomic E-state index is 0.164. The molecule has 0 radical (unpaired) electrons. The first-order valence-electron chi connectivity index (χ1n) is 7.75. The van der Waals surface area contributed by atoms with E-state index in [1.807, 2.05) is 12.1 Å². The minimum atomic E-state index is -0.474. The molecule has 1 aromatic rings. The summed E-state index contributed by atoms with van der Waals surface area (Å²) in [5.41, 5.74) is 1.62. The van der Waals surface area contributed by atoms with Crippen LogP contribution in [0.3, 0.4) is 0 Å². The first kappa shape index (κ1) is 16.6. The third-order valence-corrected chi connectivity index (χ3v) is 4.59. The van der Waals surface area contributed by atoms with E-state index < -0.39 is 6.09 Å². The average molecular weight is 349 g/mol. The van der Waals surface area contributed by atoms with Crippen LogP contribution in [0.5, 0.6) is 0 Å². The number of aliphatic imine (C=N–C) groups is 1. The van der Waals surface area contributed by atoms with Gasteiger partial charge in [-0.2, -0.15) is 0 Å². The Morgan fingerprint density at radius 2 is 2.17 bits per heavy atom. The van der Waals surface area contributed by atoms with Crippen molar-refractivity contribution in [2.24, 2.45) is 4.99 Å². The smallest absolute Gasteiger partial charge is 0.411 e. The normalized spacial score (nSPS) is 20.1. The van der Waals surface area contributed by atoms with Crippen LogP contribution >= 0.6 is 11.8 Å². The molecule has 2 aliphatic heterocycles. The number of hydrogen-bond acceptors (Lipinski definition) is 6. The number of nitrogens with zero attached hydrogens (tertiary/aromatic N) is 2. The van der Waals surface area contributed by atoms with Gasteiger partial charge in [-0.05, 0) is 26.0 Å². The lowest BCUT2D eigenvalue weighted by Crippen LogP contribution is -2.34. The summed E-state index contributed by atoms with van der Waals surface area (Å²) in [5.74, 6) is 0.727.